The number of aryl methyl sites for hydroxylation is 1. The van der Waals surface area contributed by atoms with Crippen LogP contribution in [0.1, 0.15) is 26.2 Å². The molecule has 8 heteroatoms. The van der Waals surface area contributed by atoms with Crippen molar-refractivity contribution in [1.82, 2.24) is 24.6 Å². The lowest BCUT2D eigenvalue weighted by atomic mass is 9.85. The molecule has 0 aliphatic carbocycles. The van der Waals surface area contributed by atoms with Crippen LogP contribution >= 0.6 is 0 Å². The van der Waals surface area contributed by atoms with Gasteiger partial charge in [0.05, 0.1) is 18.6 Å². The second-order valence-electron chi connectivity index (χ2n) is 7.73. The number of likely N-dealkylation sites (tertiary alicyclic amines) is 1. The predicted molar refractivity (Wildman–Crippen MR) is 98.0 cm³/mol. The zero-order chi connectivity index (χ0) is 18.0. The van der Waals surface area contributed by atoms with E-state index in [1.807, 2.05) is 4.68 Å². The van der Waals surface area contributed by atoms with Crippen molar-refractivity contribution in [3.8, 4) is 0 Å². The lowest BCUT2D eigenvalue weighted by Gasteiger charge is -2.29. The largest absolute Gasteiger partial charge is 0.379 e. The van der Waals surface area contributed by atoms with E-state index in [1.165, 1.54) is 0 Å². The van der Waals surface area contributed by atoms with Crippen molar-refractivity contribution in [2.45, 2.75) is 32.7 Å². The van der Waals surface area contributed by atoms with Crippen molar-refractivity contribution in [3.63, 3.8) is 0 Å². The number of morpholine rings is 1. The highest BCUT2D eigenvalue weighted by Crippen LogP contribution is 2.41. The van der Waals surface area contributed by atoms with Gasteiger partial charge in [-0.15, -0.1) is 0 Å². The third-order valence-corrected chi connectivity index (χ3v) is 6.06. The van der Waals surface area contributed by atoms with Crippen LogP contribution < -0.4 is 4.90 Å². The first-order chi connectivity index (χ1) is 12.7. The standard InChI is InChI=1S/C18H30N6O2/c1-2-5-24-17(19-15-20-24)23-7-4-18(14-23)3-6-22(16(18)25)9-8-21-10-12-26-13-11-21/h15H,2-14H2,1H3. The molecule has 3 aliphatic heterocycles. The minimum absolute atomic E-state index is 0.214. The molecule has 4 heterocycles. The lowest BCUT2D eigenvalue weighted by molar-refractivity contribution is -0.135. The van der Waals surface area contributed by atoms with E-state index in [0.717, 1.165) is 90.8 Å². The van der Waals surface area contributed by atoms with Gasteiger partial charge in [0.2, 0.25) is 11.9 Å². The fourth-order valence-electron chi connectivity index (χ4n) is 4.49. The molecule has 4 rings (SSSR count). The zero-order valence-electron chi connectivity index (χ0n) is 15.8. The summed E-state index contributed by atoms with van der Waals surface area (Å²) in [7, 11) is 0. The first-order valence-electron chi connectivity index (χ1n) is 9.94. The van der Waals surface area contributed by atoms with E-state index >= 15 is 0 Å². The van der Waals surface area contributed by atoms with E-state index in [2.05, 4.69) is 31.7 Å². The highest BCUT2D eigenvalue weighted by atomic mass is 16.5. The van der Waals surface area contributed by atoms with Crippen molar-refractivity contribution in [1.29, 1.82) is 0 Å². The number of hydrogen-bond donors (Lipinski definition) is 0. The minimum atomic E-state index is -0.214. The van der Waals surface area contributed by atoms with E-state index in [0.29, 0.717) is 5.91 Å². The van der Waals surface area contributed by atoms with Gasteiger partial charge in [-0.2, -0.15) is 10.1 Å². The summed E-state index contributed by atoms with van der Waals surface area (Å²) in [6.07, 6.45) is 4.55. The SMILES string of the molecule is CCCn1ncnc1N1CCC2(CCN(CCN3CCOCC3)C2=O)C1. The average molecular weight is 362 g/mol. The van der Waals surface area contributed by atoms with Crippen LogP contribution in [0.4, 0.5) is 5.95 Å². The van der Waals surface area contributed by atoms with Gasteiger partial charge in [0.25, 0.3) is 0 Å². The van der Waals surface area contributed by atoms with Crippen LogP contribution in [0.15, 0.2) is 6.33 Å². The van der Waals surface area contributed by atoms with E-state index in [-0.39, 0.29) is 5.41 Å². The van der Waals surface area contributed by atoms with Crippen molar-refractivity contribution >= 4 is 11.9 Å². The Bertz CT molecular complexity index is 629. The molecule has 26 heavy (non-hydrogen) atoms. The maximum absolute atomic E-state index is 13.1. The monoisotopic (exact) mass is 362 g/mol. The van der Waals surface area contributed by atoms with Gasteiger partial charge in [-0.1, -0.05) is 6.92 Å². The van der Waals surface area contributed by atoms with Gasteiger partial charge in [0.15, 0.2) is 0 Å². The van der Waals surface area contributed by atoms with Crippen molar-refractivity contribution in [2.24, 2.45) is 5.41 Å². The summed E-state index contributed by atoms with van der Waals surface area (Å²) >= 11 is 0. The summed E-state index contributed by atoms with van der Waals surface area (Å²) in [5.74, 6) is 1.26. The molecule has 3 saturated heterocycles. The Labute approximate surface area is 155 Å². The van der Waals surface area contributed by atoms with Gasteiger partial charge in [0, 0.05) is 52.4 Å². The molecular formula is C18H30N6O2. The summed E-state index contributed by atoms with van der Waals surface area (Å²) in [6.45, 7) is 11.0. The molecule has 0 N–H and O–H groups in total. The first-order valence-corrected chi connectivity index (χ1v) is 9.94. The van der Waals surface area contributed by atoms with Crippen LogP contribution in [-0.4, -0.2) is 89.5 Å². The number of hydrogen-bond acceptors (Lipinski definition) is 6. The van der Waals surface area contributed by atoms with Crippen LogP contribution in [0.2, 0.25) is 0 Å². The van der Waals surface area contributed by atoms with Crippen LogP contribution in [-0.2, 0) is 16.1 Å². The van der Waals surface area contributed by atoms with Crippen molar-refractivity contribution in [2.75, 3.05) is 63.9 Å². The molecule has 1 aromatic rings. The van der Waals surface area contributed by atoms with E-state index in [4.69, 9.17) is 4.74 Å². The number of ether oxygens (including phenoxy) is 1. The lowest BCUT2D eigenvalue weighted by Crippen LogP contribution is -2.43. The molecule has 0 saturated carbocycles. The van der Waals surface area contributed by atoms with E-state index in [9.17, 15) is 4.79 Å². The summed E-state index contributed by atoms with van der Waals surface area (Å²) in [4.78, 5) is 24.3. The minimum Gasteiger partial charge on any atom is -0.379 e. The average Bonchev–Trinajstić information content (AvgIpc) is 3.36. The first kappa shape index (κ1) is 17.7. The molecular weight excluding hydrogens is 332 g/mol. The molecule has 1 unspecified atom stereocenters. The topological polar surface area (TPSA) is 66.7 Å². The summed E-state index contributed by atoms with van der Waals surface area (Å²) in [5, 5.41) is 4.33. The predicted octanol–water partition coefficient (Wildman–Crippen LogP) is 0.449. The Kier molecular flexibility index (Phi) is 5.13. The number of anilines is 1. The van der Waals surface area contributed by atoms with Gasteiger partial charge >= 0.3 is 0 Å². The summed E-state index contributed by atoms with van der Waals surface area (Å²) < 4.78 is 7.37. The third kappa shape index (κ3) is 3.32. The quantitative estimate of drug-likeness (QED) is 0.732. The molecule has 0 aromatic carbocycles. The smallest absolute Gasteiger partial charge is 0.230 e. The Morgan fingerprint density at radius 3 is 2.73 bits per heavy atom. The molecule has 1 spiro atoms. The molecule has 0 bridgehead atoms. The van der Waals surface area contributed by atoms with Gasteiger partial charge in [0.1, 0.15) is 6.33 Å². The second-order valence-corrected chi connectivity index (χ2v) is 7.73. The highest BCUT2D eigenvalue weighted by Gasteiger charge is 2.51. The molecule has 3 aliphatic rings. The number of aromatic nitrogens is 3. The van der Waals surface area contributed by atoms with Crippen LogP contribution in [0, 0.1) is 5.41 Å². The van der Waals surface area contributed by atoms with Crippen molar-refractivity contribution < 1.29 is 9.53 Å². The zero-order valence-corrected chi connectivity index (χ0v) is 15.8. The fourth-order valence-corrected chi connectivity index (χ4v) is 4.49. The number of nitrogens with zero attached hydrogens (tertiary/aromatic N) is 6. The second kappa shape index (κ2) is 7.52. The fraction of sp³-hybridized carbons (Fsp3) is 0.833. The molecule has 3 fully saturated rings. The van der Waals surface area contributed by atoms with Gasteiger partial charge in [-0.05, 0) is 19.3 Å². The van der Waals surface area contributed by atoms with E-state index in [1.54, 1.807) is 6.33 Å². The van der Waals surface area contributed by atoms with Gasteiger partial charge < -0.3 is 14.5 Å². The third-order valence-electron chi connectivity index (χ3n) is 6.06. The number of rotatable bonds is 6. The molecule has 0 radical (unpaired) electrons. The maximum atomic E-state index is 13.1. The molecule has 1 aromatic heterocycles. The Hall–Kier alpha value is -1.67. The Morgan fingerprint density at radius 2 is 1.92 bits per heavy atom. The Balaban J connectivity index is 1.36. The molecule has 144 valence electrons. The van der Waals surface area contributed by atoms with Crippen LogP contribution in [0.5, 0.6) is 0 Å². The van der Waals surface area contributed by atoms with Gasteiger partial charge in [-0.25, -0.2) is 4.68 Å². The maximum Gasteiger partial charge on any atom is 0.230 e. The number of amides is 1. The molecule has 1 atom stereocenters. The summed E-state index contributed by atoms with van der Waals surface area (Å²) in [5.41, 5.74) is -0.214. The normalized spacial score (nSPS) is 27.2. The van der Waals surface area contributed by atoms with E-state index < -0.39 is 0 Å². The summed E-state index contributed by atoms with van der Waals surface area (Å²) in [6, 6.07) is 0. The van der Waals surface area contributed by atoms with Gasteiger partial charge in [-0.3, -0.25) is 9.69 Å². The highest BCUT2D eigenvalue weighted by molar-refractivity contribution is 5.86. The number of carbonyl (C=O) groups is 1. The van der Waals surface area contributed by atoms with Crippen LogP contribution in [0.3, 0.4) is 0 Å². The number of carbonyl (C=O) groups excluding carboxylic acids is 1. The molecule has 1 amide bonds. The van der Waals surface area contributed by atoms with Crippen LogP contribution in [0.25, 0.3) is 0 Å². The molecule has 8 nitrogen and oxygen atoms in total. The Morgan fingerprint density at radius 1 is 1.12 bits per heavy atom. The van der Waals surface area contributed by atoms with Crippen molar-refractivity contribution in [3.05, 3.63) is 6.33 Å².